The van der Waals surface area contributed by atoms with Crippen LogP contribution in [0.25, 0.3) is 0 Å². The highest BCUT2D eigenvalue weighted by molar-refractivity contribution is 6.33. The van der Waals surface area contributed by atoms with Gasteiger partial charge in [-0.15, -0.1) is 0 Å². The number of nitrogens with one attached hydrogen (secondary N) is 2. The fraction of sp³-hybridized carbons (Fsp3) is 0.350. The van der Waals surface area contributed by atoms with Crippen LogP contribution in [0.1, 0.15) is 20.9 Å². The van der Waals surface area contributed by atoms with E-state index in [9.17, 15) is 9.59 Å². The number of carbonyl (C=O) groups excluding carboxylic acids is 2. The van der Waals surface area contributed by atoms with E-state index in [2.05, 4.69) is 20.5 Å². The number of benzene rings is 1. The minimum Gasteiger partial charge on any atom is -0.459 e. The number of furan rings is 1. The molecule has 0 aliphatic carbocycles. The van der Waals surface area contributed by atoms with Gasteiger partial charge < -0.3 is 24.9 Å². The predicted octanol–water partition coefficient (Wildman–Crippen LogP) is 1.70. The largest absolute Gasteiger partial charge is 0.459 e. The third-order valence-electron chi connectivity index (χ3n) is 4.62. The van der Waals surface area contributed by atoms with E-state index in [4.69, 9.17) is 16.0 Å². The zero-order chi connectivity index (χ0) is 20.6. The third kappa shape index (κ3) is 5.29. The Kier molecular flexibility index (Phi) is 7.13. The first-order chi connectivity index (χ1) is 14.1. The SMILES string of the molecule is CN=C(NCCNC(=O)c1ccccc1Cl)N1CCN(C(=O)c2ccco2)CC1. The Labute approximate surface area is 174 Å². The summed E-state index contributed by atoms with van der Waals surface area (Å²) < 4.78 is 5.18. The van der Waals surface area contributed by atoms with E-state index < -0.39 is 0 Å². The van der Waals surface area contributed by atoms with E-state index in [0.29, 0.717) is 55.6 Å². The number of nitrogens with zero attached hydrogens (tertiary/aromatic N) is 3. The molecule has 0 spiro atoms. The van der Waals surface area contributed by atoms with Crippen molar-refractivity contribution in [3.8, 4) is 0 Å². The second-order valence-electron chi connectivity index (χ2n) is 6.47. The van der Waals surface area contributed by atoms with Gasteiger partial charge in [0.05, 0.1) is 16.8 Å². The molecule has 0 unspecified atom stereocenters. The van der Waals surface area contributed by atoms with Crippen LogP contribution in [-0.4, -0.2) is 73.9 Å². The van der Waals surface area contributed by atoms with Crippen LogP contribution in [0.3, 0.4) is 0 Å². The van der Waals surface area contributed by atoms with Crippen LogP contribution in [0.5, 0.6) is 0 Å². The number of hydrogen-bond donors (Lipinski definition) is 2. The van der Waals surface area contributed by atoms with Crippen molar-refractivity contribution >= 4 is 29.4 Å². The molecule has 1 fully saturated rings. The number of rotatable bonds is 5. The van der Waals surface area contributed by atoms with Gasteiger partial charge in [0.1, 0.15) is 0 Å². The summed E-state index contributed by atoms with van der Waals surface area (Å²) in [6, 6.07) is 10.3. The van der Waals surface area contributed by atoms with Crippen molar-refractivity contribution in [3.63, 3.8) is 0 Å². The van der Waals surface area contributed by atoms with E-state index in [-0.39, 0.29) is 11.8 Å². The van der Waals surface area contributed by atoms with Crippen LogP contribution in [0.4, 0.5) is 0 Å². The molecule has 1 saturated heterocycles. The van der Waals surface area contributed by atoms with Gasteiger partial charge in [0.15, 0.2) is 11.7 Å². The Hall–Kier alpha value is -3.00. The second kappa shape index (κ2) is 9.97. The molecule has 2 amide bonds. The fourth-order valence-corrected chi connectivity index (χ4v) is 3.32. The first-order valence-electron chi connectivity index (χ1n) is 9.41. The van der Waals surface area contributed by atoms with Gasteiger partial charge in [-0.3, -0.25) is 14.6 Å². The lowest BCUT2D eigenvalue weighted by Crippen LogP contribution is -2.54. The van der Waals surface area contributed by atoms with Crippen molar-refractivity contribution in [2.24, 2.45) is 4.99 Å². The summed E-state index contributed by atoms with van der Waals surface area (Å²) in [4.78, 5) is 32.7. The Morgan fingerprint density at radius 3 is 2.38 bits per heavy atom. The molecule has 1 aromatic heterocycles. The first kappa shape index (κ1) is 20.7. The van der Waals surface area contributed by atoms with Crippen LogP contribution >= 0.6 is 11.6 Å². The third-order valence-corrected chi connectivity index (χ3v) is 4.95. The summed E-state index contributed by atoms with van der Waals surface area (Å²) in [5.74, 6) is 0.787. The lowest BCUT2D eigenvalue weighted by molar-refractivity contribution is 0.0657. The van der Waals surface area contributed by atoms with Gasteiger partial charge in [0.2, 0.25) is 0 Å². The first-order valence-corrected chi connectivity index (χ1v) is 9.79. The number of carbonyl (C=O) groups is 2. The summed E-state index contributed by atoms with van der Waals surface area (Å²) in [6.07, 6.45) is 1.50. The number of guanidine groups is 1. The Morgan fingerprint density at radius 2 is 1.72 bits per heavy atom. The van der Waals surface area contributed by atoms with Gasteiger partial charge in [-0.1, -0.05) is 23.7 Å². The summed E-state index contributed by atoms with van der Waals surface area (Å²) in [6.45, 7) is 3.46. The molecule has 9 heteroatoms. The highest BCUT2D eigenvalue weighted by Gasteiger charge is 2.25. The van der Waals surface area contributed by atoms with Crippen molar-refractivity contribution in [2.75, 3.05) is 46.3 Å². The number of piperazine rings is 1. The number of hydrogen-bond acceptors (Lipinski definition) is 4. The van der Waals surface area contributed by atoms with Crippen LogP contribution in [-0.2, 0) is 0 Å². The van der Waals surface area contributed by atoms with Crippen molar-refractivity contribution < 1.29 is 14.0 Å². The lowest BCUT2D eigenvalue weighted by atomic mass is 10.2. The summed E-state index contributed by atoms with van der Waals surface area (Å²) in [5.41, 5.74) is 0.455. The molecule has 1 aromatic carbocycles. The molecular formula is C20H24ClN5O3. The Bertz CT molecular complexity index is 861. The van der Waals surface area contributed by atoms with E-state index in [1.54, 1.807) is 48.3 Å². The maximum atomic E-state index is 12.3. The van der Waals surface area contributed by atoms with Crippen molar-refractivity contribution in [3.05, 3.63) is 59.0 Å². The van der Waals surface area contributed by atoms with Gasteiger partial charge in [-0.2, -0.15) is 0 Å². The molecule has 2 heterocycles. The van der Waals surface area contributed by atoms with Gasteiger partial charge in [-0.25, -0.2) is 0 Å². The summed E-state index contributed by atoms with van der Waals surface area (Å²) in [7, 11) is 1.71. The van der Waals surface area contributed by atoms with E-state index in [1.807, 2.05) is 0 Å². The minimum absolute atomic E-state index is 0.0973. The zero-order valence-electron chi connectivity index (χ0n) is 16.2. The molecule has 1 aliphatic heterocycles. The topological polar surface area (TPSA) is 90.2 Å². The summed E-state index contributed by atoms with van der Waals surface area (Å²) >= 11 is 6.04. The quantitative estimate of drug-likeness (QED) is 0.439. The maximum absolute atomic E-state index is 12.3. The Balaban J connectivity index is 1.41. The standard InChI is InChI=1S/C20H24ClN5O3/c1-22-20(24-9-8-23-18(27)15-5-2-3-6-16(15)21)26-12-10-25(11-13-26)19(28)17-7-4-14-29-17/h2-7,14H,8-13H2,1H3,(H,22,24)(H,23,27). The van der Waals surface area contributed by atoms with E-state index >= 15 is 0 Å². The number of aliphatic imine (C=N–C) groups is 1. The molecule has 29 heavy (non-hydrogen) atoms. The highest BCUT2D eigenvalue weighted by Crippen LogP contribution is 2.14. The van der Waals surface area contributed by atoms with E-state index in [1.165, 1.54) is 6.26 Å². The van der Waals surface area contributed by atoms with E-state index in [0.717, 1.165) is 5.96 Å². The number of amides is 2. The average molecular weight is 418 g/mol. The zero-order valence-corrected chi connectivity index (χ0v) is 17.0. The van der Waals surface area contributed by atoms with Gasteiger partial charge in [0.25, 0.3) is 11.8 Å². The number of halogens is 1. The predicted molar refractivity (Wildman–Crippen MR) is 111 cm³/mol. The van der Waals surface area contributed by atoms with Gasteiger partial charge in [0, 0.05) is 46.3 Å². The van der Waals surface area contributed by atoms with Gasteiger partial charge >= 0.3 is 0 Å². The molecule has 154 valence electrons. The molecule has 0 radical (unpaired) electrons. The molecule has 1 aliphatic rings. The van der Waals surface area contributed by atoms with Crippen LogP contribution < -0.4 is 10.6 Å². The average Bonchev–Trinajstić information content (AvgIpc) is 3.28. The van der Waals surface area contributed by atoms with Gasteiger partial charge in [-0.05, 0) is 24.3 Å². The summed E-state index contributed by atoms with van der Waals surface area (Å²) in [5, 5.41) is 6.50. The minimum atomic E-state index is -0.211. The van der Waals surface area contributed by atoms with Crippen molar-refractivity contribution in [2.45, 2.75) is 0 Å². The lowest BCUT2D eigenvalue weighted by Gasteiger charge is -2.36. The molecule has 0 saturated carbocycles. The Morgan fingerprint density at radius 1 is 1.03 bits per heavy atom. The van der Waals surface area contributed by atoms with Crippen LogP contribution in [0.2, 0.25) is 5.02 Å². The maximum Gasteiger partial charge on any atom is 0.289 e. The molecule has 3 rings (SSSR count). The molecule has 2 aromatic rings. The normalized spacial score (nSPS) is 14.6. The smallest absolute Gasteiger partial charge is 0.289 e. The fourth-order valence-electron chi connectivity index (χ4n) is 3.10. The molecular weight excluding hydrogens is 394 g/mol. The van der Waals surface area contributed by atoms with Crippen molar-refractivity contribution in [1.82, 2.24) is 20.4 Å². The van der Waals surface area contributed by atoms with Crippen molar-refractivity contribution in [1.29, 1.82) is 0 Å². The molecule has 2 N–H and O–H groups in total. The highest BCUT2D eigenvalue weighted by atomic mass is 35.5. The molecule has 0 bridgehead atoms. The monoisotopic (exact) mass is 417 g/mol. The van der Waals surface area contributed by atoms with Crippen LogP contribution in [0.15, 0.2) is 52.1 Å². The second-order valence-corrected chi connectivity index (χ2v) is 6.87. The van der Waals surface area contributed by atoms with Crippen LogP contribution in [0, 0.1) is 0 Å². The molecule has 0 atom stereocenters. The molecule has 8 nitrogen and oxygen atoms in total.